The summed E-state index contributed by atoms with van der Waals surface area (Å²) in [6.45, 7) is 9.63. The zero-order chi connectivity index (χ0) is 22.4. The summed E-state index contributed by atoms with van der Waals surface area (Å²) in [7, 11) is 0. The molecule has 4 rings (SSSR count). The van der Waals surface area contributed by atoms with Crippen LogP contribution in [0.4, 0.5) is 0 Å². The Balaban J connectivity index is 1.62. The van der Waals surface area contributed by atoms with Crippen LogP contribution in [0.2, 0.25) is 0 Å². The van der Waals surface area contributed by atoms with Crippen molar-refractivity contribution in [3.8, 4) is 0 Å². The van der Waals surface area contributed by atoms with Crippen LogP contribution in [0, 0.1) is 17.8 Å². The molecule has 6 nitrogen and oxygen atoms in total. The van der Waals surface area contributed by atoms with E-state index in [1.807, 2.05) is 24.0 Å². The van der Waals surface area contributed by atoms with Crippen molar-refractivity contribution in [1.29, 1.82) is 0 Å². The van der Waals surface area contributed by atoms with Crippen molar-refractivity contribution in [2.75, 3.05) is 13.1 Å². The SMILES string of the molecule is Cc1cnc(C(=O)N2CC=C3C(C)(C)C(c4ccc(C(=O)O)cc4)=CC[C@]3(C)C2)cn1. The maximum absolute atomic E-state index is 13.0. The number of carbonyl (C=O) groups excluding carboxylic acids is 1. The van der Waals surface area contributed by atoms with Gasteiger partial charge in [0.1, 0.15) is 5.69 Å². The zero-order valence-electron chi connectivity index (χ0n) is 18.3. The van der Waals surface area contributed by atoms with E-state index in [1.54, 1.807) is 24.5 Å². The van der Waals surface area contributed by atoms with Gasteiger partial charge >= 0.3 is 5.97 Å². The molecule has 2 aromatic rings. The molecule has 31 heavy (non-hydrogen) atoms. The minimum absolute atomic E-state index is 0.0964. The Hall–Kier alpha value is -3.28. The number of carboxylic acids is 1. The third kappa shape index (κ3) is 3.67. The van der Waals surface area contributed by atoms with Crippen molar-refractivity contribution in [2.24, 2.45) is 10.8 Å². The molecule has 0 saturated heterocycles. The monoisotopic (exact) mass is 417 g/mol. The number of carboxylic acid groups (broad SMARTS) is 1. The number of hydrogen-bond acceptors (Lipinski definition) is 4. The van der Waals surface area contributed by atoms with Crippen LogP contribution in [0.3, 0.4) is 0 Å². The van der Waals surface area contributed by atoms with Crippen LogP contribution < -0.4 is 0 Å². The van der Waals surface area contributed by atoms with E-state index in [4.69, 9.17) is 0 Å². The number of rotatable bonds is 3. The summed E-state index contributed by atoms with van der Waals surface area (Å²) in [4.78, 5) is 34.5. The molecule has 1 aromatic carbocycles. The zero-order valence-corrected chi connectivity index (χ0v) is 18.3. The fraction of sp³-hybridized carbons (Fsp3) is 0.360. The number of hydrogen-bond donors (Lipinski definition) is 1. The number of benzene rings is 1. The number of aromatic carboxylic acids is 1. The second-order valence-electron chi connectivity index (χ2n) is 9.24. The van der Waals surface area contributed by atoms with E-state index in [0.717, 1.165) is 17.7 Å². The third-order valence-electron chi connectivity index (χ3n) is 6.54. The van der Waals surface area contributed by atoms with Gasteiger partial charge in [0.2, 0.25) is 0 Å². The summed E-state index contributed by atoms with van der Waals surface area (Å²) in [5.41, 5.74) is 4.59. The normalized spacial score (nSPS) is 22.3. The second-order valence-corrected chi connectivity index (χ2v) is 9.24. The van der Waals surface area contributed by atoms with Gasteiger partial charge in [-0.25, -0.2) is 9.78 Å². The summed E-state index contributed by atoms with van der Waals surface area (Å²) in [5, 5.41) is 9.18. The number of fused-ring (bicyclic) bond motifs is 1. The van der Waals surface area contributed by atoms with Gasteiger partial charge in [0.25, 0.3) is 5.91 Å². The molecule has 0 radical (unpaired) electrons. The van der Waals surface area contributed by atoms with E-state index in [9.17, 15) is 14.7 Å². The van der Waals surface area contributed by atoms with E-state index in [1.165, 1.54) is 11.1 Å². The predicted octanol–water partition coefficient (Wildman–Crippen LogP) is 4.39. The van der Waals surface area contributed by atoms with E-state index < -0.39 is 5.97 Å². The first-order chi connectivity index (χ1) is 14.6. The Morgan fingerprint density at radius 2 is 1.74 bits per heavy atom. The summed E-state index contributed by atoms with van der Waals surface area (Å²) in [5.74, 6) is -1.02. The number of nitrogens with zero attached hydrogens (tertiary/aromatic N) is 3. The van der Waals surface area contributed by atoms with Crippen molar-refractivity contribution >= 4 is 17.4 Å². The highest BCUT2D eigenvalue weighted by molar-refractivity contribution is 5.92. The Morgan fingerprint density at radius 3 is 2.35 bits per heavy atom. The molecule has 0 unspecified atom stereocenters. The van der Waals surface area contributed by atoms with E-state index >= 15 is 0 Å². The molecule has 1 aliphatic carbocycles. The standard InChI is InChI=1S/C25H27N3O3/c1-16-13-27-20(14-26-16)22(29)28-12-10-21-24(2,3)19(9-11-25(21,4)15-28)17-5-7-18(8-6-17)23(30)31/h5-10,13-14H,11-12,15H2,1-4H3,(H,30,31)/t25-/m1/s1. The third-order valence-corrected chi connectivity index (χ3v) is 6.54. The minimum atomic E-state index is -0.922. The fourth-order valence-electron chi connectivity index (χ4n) is 5.02. The summed E-state index contributed by atoms with van der Waals surface area (Å²) >= 11 is 0. The Labute approximate surface area is 182 Å². The highest BCUT2D eigenvalue weighted by Crippen LogP contribution is 2.55. The molecule has 2 heterocycles. The van der Waals surface area contributed by atoms with Crippen molar-refractivity contribution in [3.05, 3.63) is 76.9 Å². The maximum atomic E-state index is 13.0. The number of aromatic nitrogens is 2. The first kappa shape index (κ1) is 21.0. The van der Waals surface area contributed by atoms with Gasteiger partial charge in [0.15, 0.2) is 0 Å². The molecule has 0 spiro atoms. The molecule has 0 bridgehead atoms. The highest BCUT2D eigenvalue weighted by atomic mass is 16.4. The van der Waals surface area contributed by atoms with Crippen LogP contribution in [-0.4, -0.2) is 44.9 Å². The van der Waals surface area contributed by atoms with Crippen molar-refractivity contribution in [1.82, 2.24) is 14.9 Å². The van der Waals surface area contributed by atoms with Gasteiger partial charge in [0, 0.05) is 30.1 Å². The van der Waals surface area contributed by atoms with Crippen LogP contribution in [0.1, 0.15) is 59.3 Å². The van der Waals surface area contributed by atoms with E-state index in [2.05, 4.69) is 42.9 Å². The average Bonchev–Trinajstić information content (AvgIpc) is 2.73. The molecular formula is C25H27N3O3. The topological polar surface area (TPSA) is 83.4 Å². The van der Waals surface area contributed by atoms with Crippen LogP contribution in [0.25, 0.3) is 5.57 Å². The van der Waals surface area contributed by atoms with Gasteiger partial charge in [0.05, 0.1) is 17.5 Å². The molecule has 1 N–H and O–H groups in total. The maximum Gasteiger partial charge on any atom is 0.335 e. The van der Waals surface area contributed by atoms with Crippen LogP contribution in [0.15, 0.2) is 54.4 Å². The van der Waals surface area contributed by atoms with Crippen molar-refractivity contribution in [3.63, 3.8) is 0 Å². The summed E-state index contributed by atoms with van der Waals surface area (Å²) in [6, 6.07) is 7.07. The van der Waals surface area contributed by atoms with Gasteiger partial charge in [-0.1, -0.05) is 50.6 Å². The van der Waals surface area contributed by atoms with Crippen LogP contribution in [0.5, 0.6) is 0 Å². The Morgan fingerprint density at radius 1 is 1.03 bits per heavy atom. The minimum Gasteiger partial charge on any atom is -0.478 e. The van der Waals surface area contributed by atoms with Crippen LogP contribution in [-0.2, 0) is 0 Å². The lowest BCUT2D eigenvalue weighted by atomic mass is 9.58. The Kier molecular flexibility index (Phi) is 5.04. The second kappa shape index (κ2) is 7.45. The first-order valence-electron chi connectivity index (χ1n) is 10.5. The first-order valence-corrected chi connectivity index (χ1v) is 10.5. The van der Waals surface area contributed by atoms with Gasteiger partial charge in [-0.2, -0.15) is 0 Å². The van der Waals surface area contributed by atoms with Gasteiger partial charge in [-0.05, 0) is 36.6 Å². The number of aryl methyl sites for hydroxylation is 1. The average molecular weight is 418 g/mol. The van der Waals surface area contributed by atoms with Crippen molar-refractivity contribution in [2.45, 2.75) is 34.1 Å². The number of carbonyl (C=O) groups is 2. The predicted molar refractivity (Wildman–Crippen MR) is 119 cm³/mol. The fourth-order valence-corrected chi connectivity index (χ4v) is 5.02. The molecular weight excluding hydrogens is 390 g/mol. The molecule has 2 aliphatic rings. The Bertz CT molecular complexity index is 1100. The lowest BCUT2D eigenvalue weighted by molar-refractivity contribution is 0.0673. The van der Waals surface area contributed by atoms with Gasteiger partial charge in [-0.15, -0.1) is 0 Å². The molecule has 0 fully saturated rings. The van der Waals surface area contributed by atoms with Crippen molar-refractivity contribution < 1.29 is 14.7 Å². The molecule has 1 amide bonds. The largest absolute Gasteiger partial charge is 0.478 e. The van der Waals surface area contributed by atoms with Gasteiger partial charge < -0.3 is 10.0 Å². The molecule has 6 heteroatoms. The molecule has 160 valence electrons. The lowest BCUT2D eigenvalue weighted by Crippen LogP contribution is -2.48. The number of allylic oxidation sites excluding steroid dienone is 2. The molecule has 1 aromatic heterocycles. The van der Waals surface area contributed by atoms with Gasteiger partial charge in [-0.3, -0.25) is 9.78 Å². The highest BCUT2D eigenvalue weighted by Gasteiger charge is 2.46. The molecule has 1 aliphatic heterocycles. The summed E-state index contributed by atoms with van der Waals surface area (Å²) < 4.78 is 0. The van der Waals surface area contributed by atoms with E-state index in [0.29, 0.717) is 18.8 Å². The smallest absolute Gasteiger partial charge is 0.335 e. The summed E-state index contributed by atoms with van der Waals surface area (Å²) in [6.07, 6.45) is 8.40. The van der Waals surface area contributed by atoms with E-state index in [-0.39, 0.29) is 22.3 Å². The lowest BCUT2D eigenvalue weighted by Gasteiger charge is -2.50. The van der Waals surface area contributed by atoms with Crippen LogP contribution >= 0.6 is 0 Å². The number of amides is 1. The quantitative estimate of drug-likeness (QED) is 0.749. The molecule has 0 saturated carbocycles. The molecule has 1 atom stereocenters.